The van der Waals surface area contributed by atoms with Crippen molar-refractivity contribution in [2.45, 2.75) is 33.6 Å². The second-order valence-electron chi connectivity index (χ2n) is 3.35. The molecule has 1 heterocycles. The molecule has 17 heavy (non-hydrogen) atoms. The van der Waals surface area contributed by atoms with Gasteiger partial charge >= 0.3 is 0 Å². The highest BCUT2D eigenvalue weighted by Gasteiger charge is 2.15. The van der Waals surface area contributed by atoms with Gasteiger partial charge in [0, 0.05) is 19.8 Å². The van der Waals surface area contributed by atoms with Gasteiger partial charge in [-0.05, 0) is 20.8 Å². The molecule has 0 spiro atoms. The van der Waals surface area contributed by atoms with E-state index in [0.717, 1.165) is 0 Å². The van der Waals surface area contributed by atoms with Crippen LogP contribution >= 0.6 is 0 Å². The van der Waals surface area contributed by atoms with Gasteiger partial charge in [-0.15, -0.1) is 5.10 Å². The van der Waals surface area contributed by atoms with E-state index in [1.807, 2.05) is 27.0 Å². The largest absolute Gasteiger partial charge is 0.380 e. The number of ether oxygens (including phenoxy) is 3. The lowest BCUT2D eigenvalue weighted by atomic mass is 10.4. The van der Waals surface area contributed by atoms with Crippen LogP contribution < -0.4 is 0 Å². The Balaban J connectivity index is 2.51. The van der Waals surface area contributed by atoms with Crippen LogP contribution in [0, 0.1) is 0 Å². The standard InChI is InChI=1S/C11H21N3O3/c1-4-15-8-7-14-9-10(12-13-14)11(16-5-2)17-6-3/h9,11H,4-8H2,1-3H3. The van der Waals surface area contributed by atoms with Crippen LogP contribution in [0.15, 0.2) is 6.20 Å². The fraction of sp³-hybridized carbons (Fsp3) is 0.818. The van der Waals surface area contributed by atoms with Gasteiger partial charge in [0.05, 0.1) is 19.3 Å². The van der Waals surface area contributed by atoms with Crippen molar-refractivity contribution in [3.05, 3.63) is 11.9 Å². The molecule has 0 aliphatic heterocycles. The van der Waals surface area contributed by atoms with Gasteiger partial charge in [-0.1, -0.05) is 5.21 Å². The van der Waals surface area contributed by atoms with E-state index in [0.29, 0.717) is 38.7 Å². The topological polar surface area (TPSA) is 58.4 Å². The molecule has 0 aromatic carbocycles. The number of nitrogens with zero attached hydrogens (tertiary/aromatic N) is 3. The zero-order chi connectivity index (χ0) is 12.5. The maximum atomic E-state index is 5.44. The van der Waals surface area contributed by atoms with Crippen molar-refractivity contribution in [3.63, 3.8) is 0 Å². The van der Waals surface area contributed by atoms with E-state index in [1.54, 1.807) is 4.68 Å². The quantitative estimate of drug-likeness (QED) is 0.484. The second-order valence-corrected chi connectivity index (χ2v) is 3.35. The van der Waals surface area contributed by atoms with Gasteiger partial charge in [0.2, 0.25) is 6.29 Å². The summed E-state index contributed by atoms with van der Waals surface area (Å²) in [4.78, 5) is 0. The molecular weight excluding hydrogens is 222 g/mol. The zero-order valence-electron chi connectivity index (χ0n) is 10.8. The van der Waals surface area contributed by atoms with Gasteiger partial charge in [-0.2, -0.15) is 0 Å². The molecule has 0 N–H and O–H groups in total. The Kier molecular flexibility index (Phi) is 6.76. The van der Waals surface area contributed by atoms with Gasteiger partial charge in [0.25, 0.3) is 0 Å². The summed E-state index contributed by atoms with van der Waals surface area (Å²) in [5, 5.41) is 8.04. The van der Waals surface area contributed by atoms with Crippen LogP contribution in [-0.2, 0) is 20.8 Å². The molecule has 0 atom stereocenters. The van der Waals surface area contributed by atoms with Gasteiger partial charge in [0.1, 0.15) is 5.69 Å². The average molecular weight is 243 g/mol. The van der Waals surface area contributed by atoms with Gasteiger partial charge < -0.3 is 14.2 Å². The molecular formula is C11H21N3O3. The highest BCUT2D eigenvalue weighted by molar-refractivity contribution is 4.94. The number of aromatic nitrogens is 3. The second kappa shape index (κ2) is 8.16. The summed E-state index contributed by atoms with van der Waals surface area (Å²) >= 11 is 0. The van der Waals surface area contributed by atoms with Crippen molar-refractivity contribution < 1.29 is 14.2 Å². The summed E-state index contributed by atoms with van der Waals surface area (Å²) in [5.41, 5.74) is 0.699. The molecule has 0 radical (unpaired) electrons. The molecule has 6 heteroatoms. The first kappa shape index (κ1) is 14.1. The Labute approximate surface area is 102 Å². The first-order chi connectivity index (χ1) is 8.31. The Hall–Kier alpha value is -0.980. The van der Waals surface area contributed by atoms with Gasteiger partial charge in [0.15, 0.2) is 0 Å². The summed E-state index contributed by atoms with van der Waals surface area (Å²) in [6, 6.07) is 0. The molecule has 6 nitrogen and oxygen atoms in total. The monoisotopic (exact) mass is 243 g/mol. The van der Waals surface area contributed by atoms with Crippen LogP contribution in [0.5, 0.6) is 0 Å². The Morgan fingerprint density at radius 3 is 2.47 bits per heavy atom. The summed E-state index contributed by atoms with van der Waals surface area (Å²) in [7, 11) is 0. The first-order valence-electron chi connectivity index (χ1n) is 6.02. The molecule has 0 bridgehead atoms. The van der Waals surface area contributed by atoms with Crippen molar-refractivity contribution in [2.24, 2.45) is 0 Å². The van der Waals surface area contributed by atoms with Crippen LogP contribution in [0.25, 0.3) is 0 Å². The van der Waals surface area contributed by atoms with E-state index in [-0.39, 0.29) is 0 Å². The van der Waals surface area contributed by atoms with E-state index in [1.165, 1.54) is 0 Å². The lowest BCUT2D eigenvalue weighted by Gasteiger charge is -2.13. The minimum Gasteiger partial charge on any atom is -0.380 e. The highest BCUT2D eigenvalue weighted by Crippen LogP contribution is 2.15. The number of hydrogen-bond acceptors (Lipinski definition) is 5. The van der Waals surface area contributed by atoms with Crippen LogP contribution in [0.3, 0.4) is 0 Å². The minimum atomic E-state index is -0.425. The van der Waals surface area contributed by atoms with Crippen molar-refractivity contribution in [2.75, 3.05) is 26.4 Å². The Morgan fingerprint density at radius 2 is 1.88 bits per heavy atom. The van der Waals surface area contributed by atoms with Crippen LogP contribution in [0.1, 0.15) is 32.8 Å². The van der Waals surface area contributed by atoms with E-state index in [2.05, 4.69) is 10.3 Å². The zero-order valence-corrected chi connectivity index (χ0v) is 10.8. The fourth-order valence-corrected chi connectivity index (χ4v) is 1.35. The summed E-state index contributed by atoms with van der Waals surface area (Å²) in [6.07, 6.45) is 1.40. The van der Waals surface area contributed by atoms with Crippen LogP contribution in [0.4, 0.5) is 0 Å². The average Bonchev–Trinajstić information content (AvgIpc) is 2.78. The maximum Gasteiger partial charge on any atom is 0.204 e. The smallest absolute Gasteiger partial charge is 0.204 e. The molecule has 0 saturated heterocycles. The predicted molar refractivity (Wildman–Crippen MR) is 62.5 cm³/mol. The van der Waals surface area contributed by atoms with E-state index in [9.17, 15) is 0 Å². The predicted octanol–water partition coefficient (Wildman–Crippen LogP) is 1.39. The molecule has 98 valence electrons. The minimum absolute atomic E-state index is 0.425. The maximum absolute atomic E-state index is 5.44. The van der Waals surface area contributed by atoms with E-state index < -0.39 is 6.29 Å². The molecule has 0 saturated carbocycles. The molecule has 0 unspecified atom stereocenters. The van der Waals surface area contributed by atoms with Crippen LogP contribution in [0.2, 0.25) is 0 Å². The summed E-state index contributed by atoms with van der Waals surface area (Å²) < 4.78 is 17.9. The van der Waals surface area contributed by atoms with E-state index >= 15 is 0 Å². The Morgan fingerprint density at radius 1 is 1.18 bits per heavy atom. The highest BCUT2D eigenvalue weighted by atomic mass is 16.7. The van der Waals surface area contributed by atoms with Crippen molar-refractivity contribution in [3.8, 4) is 0 Å². The van der Waals surface area contributed by atoms with Crippen molar-refractivity contribution in [1.82, 2.24) is 15.0 Å². The molecule has 0 aliphatic carbocycles. The third kappa shape index (κ3) is 4.80. The Bertz CT molecular complexity index is 298. The normalized spacial score (nSPS) is 11.3. The lowest BCUT2D eigenvalue weighted by molar-refractivity contribution is -0.142. The molecule has 1 aromatic heterocycles. The van der Waals surface area contributed by atoms with Gasteiger partial charge in [-0.25, -0.2) is 4.68 Å². The van der Waals surface area contributed by atoms with Crippen molar-refractivity contribution in [1.29, 1.82) is 0 Å². The fourth-order valence-electron chi connectivity index (χ4n) is 1.35. The summed E-state index contributed by atoms with van der Waals surface area (Å²) in [6.45, 7) is 9.00. The molecule has 1 rings (SSSR count). The molecule has 0 amide bonds. The molecule has 1 aromatic rings. The van der Waals surface area contributed by atoms with Gasteiger partial charge in [-0.3, -0.25) is 0 Å². The number of hydrogen-bond donors (Lipinski definition) is 0. The summed E-state index contributed by atoms with van der Waals surface area (Å²) in [5.74, 6) is 0. The molecule has 0 fully saturated rings. The molecule has 0 aliphatic rings. The SMILES string of the molecule is CCOCCn1cc(C(OCC)OCC)nn1. The first-order valence-corrected chi connectivity index (χ1v) is 6.02. The van der Waals surface area contributed by atoms with Crippen LogP contribution in [-0.4, -0.2) is 41.4 Å². The number of rotatable bonds is 9. The third-order valence-corrected chi connectivity index (χ3v) is 2.10. The lowest BCUT2D eigenvalue weighted by Crippen LogP contribution is -2.09. The van der Waals surface area contributed by atoms with E-state index in [4.69, 9.17) is 14.2 Å². The van der Waals surface area contributed by atoms with Crippen molar-refractivity contribution >= 4 is 0 Å². The third-order valence-electron chi connectivity index (χ3n) is 2.10.